The van der Waals surface area contributed by atoms with Crippen LogP contribution < -0.4 is 0 Å². The highest BCUT2D eigenvalue weighted by Gasteiger charge is 2.29. The SMILES string of the molecule is C[C@H](Cn1cccn1)C(=O)N1CCC[C@@H](c2ncc3c(n2)CCN(C)C3)C1. The summed E-state index contributed by atoms with van der Waals surface area (Å²) in [5, 5.41) is 4.21. The van der Waals surface area contributed by atoms with Crippen LogP contribution in [0.2, 0.25) is 0 Å². The van der Waals surface area contributed by atoms with E-state index < -0.39 is 0 Å². The molecule has 0 aromatic carbocycles. The second-order valence-electron chi connectivity index (χ2n) is 7.94. The largest absolute Gasteiger partial charge is 0.342 e. The number of nitrogens with zero attached hydrogens (tertiary/aromatic N) is 6. The maximum atomic E-state index is 12.9. The number of carbonyl (C=O) groups is 1. The Balaban J connectivity index is 1.42. The van der Waals surface area contributed by atoms with Crippen molar-refractivity contribution in [3.8, 4) is 0 Å². The van der Waals surface area contributed by atoms with Gasteiger partial charge >= 0.3 is 0 Å². The summed E-state index contributed by atoms with van der Waals surface area (Å²) in [6.45, 7) is 6.13. The highest BCUT2D eigenvalue weighted by molar-refractivity contribution is 5.78. The van der Waals surface area contributed by atoms with E-state index in [0.717, 1.165) is 51.3 Å². The van der Waals surface area contributed by atoms with Gasteiger partial charge in [-0.2, -0.15) is 5.10 Å². The van der Waals surface area contributed by atoms with Crippen LogP contribution in [0.5, 0.6) is 0 Å². The van der Waals surface area contributed by atoms with Crippen molar-refractivity contribution >= 4 is 5.91 Å². The fourth-order valence-corrected chi connectivity index (χ4v) is 4.14. The van der Waals surface area contributed by atoms with E-state index >= 15 is 0 Å². The van der Waals surface area contributed by atoms with E-state index in [-0.39, 0.29) is 17.7 Å². The molecule has 1 amide bonds. The monoisotopic (exact) mass is 368 g/mol. The Hall–Kier alpha value is -2.28. The van der Waals surface area contributed by atoms with Gasteiger partial charge in [-0.25, -0.2) is 9.97 Å². The van der Waals surface area contributed by atoms with Crippen LogP contribution in [0, 0.1) is 5.92 Å². The average Bonchev–Trinajstić information content (AvgIpc) is 3.20. The van der Waals surface area contributed by atoms with Gasteiger partial charge in [-0.05, 0) is 26.0 Å². The summed E-state index contributed by atoms with van der Waals surface area (Å²) in [5.41, 5.74) is 2.43. The lowest BCUT2D eigenvalue weighted by atomic mass is 9.95. The molecule has 0 spiro atoms. The molecular formula is C20H28N6O. The maximum absolute atomic E-state index is 12.9. The zero-order valence-corrected chi connectivity index (χ0v) is 16.2. The van der Waals surface area contributed by atoms with Gasteiger partial charge in [-0.1, -0.05) is 6.92 Å². The van der Waals surface area contributed by atoms with Crippen LogP contribution in [0.1, 0.15) is 42.8 Å². The van der Waals surface area contributed by atoms with Crippen molar-refractivity contribution in [1.82, 2.24) is 29.5 Å². The molecule has 0 radical (unpaired) electrons. The summed E-state index contributed by atoms with van der Waals surface area (Å²) < 4.78 is 1.83. The molecule has 7 nitrogen and oxygen atoms in total. The summed E-state index contributed by atoms with van der Waals surface area (Å²) in [4.78, 5) is 26.7. The Kier molecular flexibility index (Phi) is 5.20. The first-order chi connectivity index (χ1) is 13.1. The van der Waals surface area contributed by atoms with Crippen LogP contribution in [-0.2, 0) is 24.3 Å². The van der Waals surface area contributed by atoms with Crippen LogP contribution in [0.3, 0.4) is 0 Å². The Morgan fingerprint density at radius 1 is 1.37 bits per heavy atom. The highest BCUT2D eigenvalue weighted by Crippen LogP contribution is 2.27. The maximum Gasteiger partial charge on any atom is 0.227 e. The molecule has 4 rings (SSSR count). The highest BCUT2D eigenvalue weighted by atomic mass is 16.2. The number of fused-ring (bicyclic) bond motifs is 1. The van der Waals surface area contributed by atoms with Gasteiger partial charge in [0.25, 0.3) is 0 Å². The molecule has 2 aliphatic rings. The van der Waals surface area contributed by atoms with Crippen LogP contribution >= 0.6 is 0 Å². The molecule has 7 heteroatoms. The van der Waals surface area contributed by atoms with Gasteiger partial charge in [0.15, 0.2) is 0 Å². The molecule has 2 aromatic rings. The standard InChI is InChI=1S/C20H28N6O/c1-15(12-26-9-4-7-22-26)20(27)25-8-3-5-16(14-25)19-21-11-17-13-24(2)10-6-18(17)23-19/h4,7,9,11,15-16H,3,5-6,8,10,12-14H2,1-2H3/t15-,16-/m1/s1. The fourth-order valence-electron chi connectivity index (χ4n) is 4.14. The first-order valence-electron chi connectivity index (χ1n) is 9.89. The minimum absolute atomic E-state index is 0.0800. The normalized spacial score (nSPS) is 21.7. The molecular weight excluding hydrogens is 340 g/mol. The molecule has 27 heavy (non-hydrogen) atoms. The summed E-state index contributed by atoms with van der Waals surface area (Å²) >= 11 is 0. The summed E-state index contributed by atoms with van der Waals surface area (Å²) in [5.74, 6) is 1.28. The number of likely N-dealkylation sites (tertiary alicyclic amines) is 1. The lowest BCUT2D eigenvalue weighted by Gasteiger charge is -2.34. The van der Waals surface area contributed by atoms with Crippen LogP contribution in [0.4, 0.5) is 0 Å². The minimum Gasteiger partial charge on any atom is -0.342 e. The molecule has 0 bridgehead atoms. The number of hydrogen-bond acceptors (Lipinski definition) is 5. The lowest BCUT2D eigenvalue weighted by molar-refractivity contribution is -0.136. The molecule has 0 N–H and O–H groups in total. The van der Waals surface area contributed by atoms with Crippen molar-refractivity contribution in [1.29, 1.82) is 0 Å². The van der Waals surface area contributed by atoms with Gasteiger partial charge < -0.3 is 9.80 Å². The number of piperidine rings is 1. The third-order valence-electron chi connectivity index (χ3n) is 5.68. The zero-order valence-electron chi connectivity index (χ0n) is 16.2. The summed E-state index contributed by atoms with van der Waals surface area (Å²) in [7, 11) is 2.13. The molecule has 144 valence electrons. The third-order valence-corrected chi connectivity index (χ3v) is 5.68. The quantitative estimate of drug-likeness (QED) is 0.822. The predicted molar refractivity (Wildman–Crippen MR) is 102 cm³/mol. The number of aromatic nitrogens is 4. The number of rotatable bonds is 4. The smallest absolute Gasteiger partial charge is 0.227 e. The molecule has 0 saturated carbocycles. The molecule has 2 atom stereocenters. The molecule has 4 heterocycles. The number of likely N-dealkylation sites (N-methyl/N-ethyl adjacent to an activating group) is 1. The number of hydrogen-bond donors (Lipinski definition) is 0. The molecule has 0 aliphatic carbocycles. The van der Waals surface area contributed by atoms with Crippen molar-refractivity contribution in [2.45, 2.75) is 45.2 Å². The first-order valence-corrected chi connectivity index (χ1v) is 9.89. The van der Waals surface area contributed by atoms with E-state index in [2.05, 4.69) is 22.0 Å². The molecule has 0 unspecified atom stereocenters. The van der Waals surface area contributed by atoms with Crippen LogP contribution in [-0.4, -0.2) is 62.1 Å². The summed E-state index contributed by atoms with van der Waals surface area (Å²) in [6, 6.07) is 1.89. The number of amides is 1. The van der Waals surface area contributed by atoms with Crippen molar-refractivity contribution in [3.63, 3.8) is 0 Å². The van der Waals surface area contributed by atoms with Gasteiger partial charge in [0.05, 0.1) is 12.5 Å². The predicted octanol–water partition coefficient (Wildman–Crippen LogP) is 1.70. The topological polar surface area (TPSA) is 67.2 Å². The first kappa shape index (κ1) is 18.1. The summed E-state index contributed by atoms with van der Waals surface area (Å²) in [6.07, 6.45) is 8.69. The minimum atomic E-state index is -0.0800. The number of carbonyl (C=O) groups excluding carboxylic acids is 1. The van der Waals surface area contributed by atoms with Gasteiger partial charge in [0, 0.05) is 68.4 Å². The zero-order chi connectivity index (χ0) is 18.8. The van der Waals surface area contributed by atoms with Crippen molar-refractivity contribution < 1.29 is 4.79 Å². The van der Waals surface area contributed by atoms with E-state index in [9.17, 15) is 4.79 Å². The molecule has 1 fully saturated rings. The van der Waals surface area contributed by atoms with Crippen LogP contribution in [0.25, 0.3) is 0 Å². The van der Waals surface area contributed by atoms with Gasteiger partial charge in [-0.3, -0.25) is 9.48 Å². The molecule has 1 saturated heterocycles. The van der Waals surface area contributed by atoms with Crippen molar-refractivity contribution in [3.05, 3.63) is 41.7 Å². The van der Waals surface area contributed by atoms with Crippen molar-refractivity contribution in [2.75, 3.05) is 26.7 Å². The third kappa shape index (κ3) is 4.03. The van der Waals surface area contributed by atoms with Crippen LogP contribution in [0.15, 0.2) is 24.7 Å². The Labute approximate surface area is 160 Å². The fraction of sp³-hybridized carbons (Fsp3) is 0.600. The molecule has 2 aromatic heterocycles. The van der Waals surface area contributed by atoms with Gasteiger partial charge in [-0.15, -0.1) is 0 Å². The average molecular weight is 368 g/mol. The second kappa shape index (κ2) is 7.76. The second-order valence-corrected chi connectivity index (χ2v) is 7.94. The van der Waals surface area contributed by atoms with E-state index in [1.807, 2.05) is 35.0 Å². The Morgan fingerprint density at radius 2 is 2.26 bits per heavy atom. The lowest BCUT2D eigenvalue weighted by Crippen LogP contribution is -2.43. The van der Waals surface area contributed by atoms with E-state index in [0.29, 0.717) is 6.54 Å². The Morgan fingerprint density at radius 3 is 3.07 bits per heavy atom. The van der Waals surface area contributed by atoms with Crippen molar-refractivity contribution in [2.24, 2.45) is 5.92 Å². The van der Waals surface area contributed by atoms with E-state index in [1.54, 1.807) is 6.20 Å². The van der Waals surface area contributed by atoms with E-state index in [1.165, 1.54) is 11.3 Å². The van der Waals surface area contributed by atoms with Gasteiger partial charge in [0.1, 0.15) is 5.82 Å². The molecule has 2 aliphatic heterocycles. The van der Waals surface area contributed by atoms with Gasteiger partial charge in [0.2, 0.25) is 5.91 Å². The van der Waals surface area contributed by atoms with E-state index in [4.69, 9.17) is 4.98 Å². The Bertz CT molecular complexity index is 790.